The van der Waals surface area contributed by atoms with Crippen LogP contribution in [-0.2, 0) is 5.41 Å². The minimum atomic E-state index is 0.00649. The molecule has 0 fully saturated rings. The van der Waals surface area contributed by atoms with Crippen molar-refractivity contribution >= 4 is 22.1 Å². The van der Waals surface area contributed by atoms with Crippen molar-refractivity contribution in [1.29, 1.82) is 0 Å². The van der Waals surface area contributed by atoms with E-state index >= 15 is 0 Å². The number of rotatable bonds is 3. The predicted molar refractivity (Wildman–Crippen MR) is 137 cm³/mol. The zero-order valence-electron chi connectivity index (χ0n) is 18.4. The normalized spacial score (nSPS) is 13.6. The summed E-state index contributed by atoms with van der Waals surface area (Å²) in [5.74, 6) is 0. The topological polar surface area (TPSA) is 12.0 Å². The fourth-order valence-electron chi connectivity index (χ4n) is 5.21. The molecule has 1 aliphatic rings. The van der Waals surface area contributed by atoms with E-state index in [1.165, 1.54) is 44.2 Å². The molecule has 0 spiro atoms. The number of anilines is 2. The maximum absolute atomic E-state index is 3.59. The first kappa shape index (κ1) is 18.9. The Labute approximate surface area is 189 Å². The van der Waals surface area contributed by atoms with Gasteiger partial charge in [0.25, 0.3) is 0 Å². The molecule has 1 nitrogen and oxygen atoms in total. The molecule has 1 aliphatic carbocycles. The van der Waals surface area contributed by atoms with Gasteiger partial charge in [-0.05, 0) is 63.0 Å². The third-order valence-electron chi connectivity index (χ3n) is 6.87. The van der Waals surface area contributed by atoms with Gasteiger partial charge in [-0.25, -0.2) is 0 Å². The van der Waals surface area contributed by atoms with Crippen LogP contribution < -0.4 is 5.32 Å². The van der Waals surface area contributed by atoms with Crippen LogP contribution in [0.1, 0.15) is 25.0 Å². The first-order valence-electron chi connectivity index (χ1n) is 11.2. The molecule has 0 aliphatic heterocycles. The second-order valence-electron chi connectivity index (χ2n) is 9.13. The van der Waals surface area contributed by atoms with Gasteiger partial charge in [-0.1, -0.05) is 98.8 Å². The van der Waals surface area contributed by atoms with Crippen LogP contribution in [0.4, 0.5) is 11.4 Å². The van der Waals surface area contributed by atoms with Crippen molar-refractivity contribution in [3.05, 3.63) is 120 Å². The Morgan fingerprint density at radius 3 is 2.03 bits per heavy atom. The second kappa shape index (κ2) is 7.10. The molecule has 5 aromatic carbocycles. The molecular formula is C31H25N. The van der Waals surface area contributed by atoms with Gasteiger partial charge >= 0.3 is 0 Å². The standard InChI is InChI=1S/C31H25N/c1-31(2)28-15-9-8-13-25(28)26-17-16-21(20-29(26)31)23-18-19-30(27-14-7-6-12-24(23)27)32-22-10-4-3-5-11-22/h3-20,32H,1-2H3. The van der Waals surface area contributed by atoms with Crippen molar-refractivity contribution in [3.63, 3.8) is 0 Å². The molecule has 5 aromatic rings. The van der Waals surface area contributed by atoms with Crippen molar-refractivity contribution in [3.8, 4) is 22.3 Å². The first-order valence-corrected chi connectivity index (χ1v) is 11.2. The van der Waals surface area contributed by atoms with Crippen molar-refractivity contribution in [2.75, 3.05) is 5.32 Å². The molecule has 32 heavy (non-hydrogen) atoms. The number of para-hydroxylation sites is 1. The molecular weight excluding hydrogens is 386 g/mol. The lowest BCUT2D eigenvalue weighted by atomic mass is 9.81. The quantitative estimate of drug-likeness (QED) is 0.313. The fourth-order valence-corrected chi connectivity index (χ4v) is 5.21. The minimum Gasteiger partial charge on any atom is -0.355 e. The van der Waals surface area contributed by atoms with Crippen LogP contribution in [0.25, 0.3) is 33.0 Å². The van der Waals surface area contributed by atoms with Gasteiger partial charge in [-0.3, -0.25) is 0 Å². The molecule has 0 amide bonds. The van der Waals surface area contributed by atoms with Crippen molar-refractivity contribution in [1.82, 2.24) is 0 Å². The van der Waals surface area contributed by atoms with Gasteiger partial charge < -0.3 is 5.32 Å². The average Bonchev–Trinajstić information content (AvgIpc) is 3.07. The molecule has 0 saturated carbocycles. The van der Waals surface area contributed by atoms with Crippen LogP contribution in [0, 0.1) is 0 Å². The molecule has 0 radical (unpaired) electrons. The maximum atomic E-state index is 3.59. The summed E-state index contributed by atoms with van der Waals surface area (Å²) in [7, 11) is 0. The van der Waals surface area contributed by atoms with Gasteiger partial charge in [0, 0.05) is 22.2 Å². The number of hydrogen-bond donors (Lipinski definition) is 1. The van der Waals surface area contributed by atoms with E-state index in [1.807, 2.05) is 6.07 Å². The Balaban J connectivity index is 1.49. The largest absolute Gasteiger partial charge is 0.355 e. The first-order chi connectivity index (χ1) is 15.6. The van der Waals surface area contributed by atoms with Gasteiger partial charge in [0.05, 0.1) is 0 Å². The molecule has 1 heteroatoms. The molecule has 0 atom stereocenters. The summed E-state index contributed by atoms with van der Waals surface area (Å²) >= 11 is 0. The Morgan fingerprint density at radius 2 is 1.19 bits per heavy atom. The number of nitrogens with one attached hydrogen (secondary N) is 1. The highest BCUT2D eigenvalue weighted by Crippen LogP contribution is 2.49. The molecule has 0 saturated heterocycles. The minimum absolute atomic E-state index is 0.00649. The van der Waals surface area contributed by atoms with E-state index in [1.54, 1.807) is 0 Å². The lowest BCUT2D eigenvalue weighted by Crippen LogP contribution is -2.14. The van der Waals surface area contributed by atoms with Crippen LogP contribution in [0.3, 0.4) is 0 Å². The van der Waals surface area contributed by atoms with Crippen molar-refractivity contribution in [2.24, 2.45) is 0 Å². The Bertz CT molecular complexity index is 1460. The summed E-state index contributed by atoms with van der Waals surface area (Å²) in [6.45, 7) is 4.68. The smallest absolute Gasteiger partial charge is 0.0464 e. The maximum Gasteiger partial charge on any atom is 0.0464 e. The SMILES string of the molecule is CC1(C)c2ccccc2-c2ccc(-c3ccc(Nc4ccccc4)c4ccccc34)cc21. The van der Waals surface area contributed by atoms with Crippen LogP contribution in [0.15, 0.2) is 109 Å². The highest BCUT2D eigenvalue weighted by Gasteiger charge is 2.35. The zero-order valence-corrected chi connectivity index (χ0v) is 18.4. The van der Waals surface area contributed by atoms with Gasteiger partial charge in [0.15, 0.2) is 0 Å². The van der Waals surface area contributed by atoms with Crippen LogP contribution in [0.5, 0.6) is 0 Å². The third kappa shape index (κ3) is 2.85. The van der Waals surface area contributed by atoms with E-state index in [4.69, 9.17) is 0 Å². The number of fused-ring (bicyclic) bond motifs is 4. The van der Waals surface area contributed by atoms with Gasteiger partial charge in [0.2, 0.25) is 0 Å². The van der Waals surface area contributed by atoms with Gasteiger partial charge in [-0.2, -0.15) is 0 Å². The van der Waals surface area contributed by atoms with Crippen molar-refractivity contribution in [2.45, 2.75) is 19.3 Å². The van der Waals surface area contributed by atoms with E-state index in [0.717, 1.165) is 11.4 Å². The number of benzene rings is 5. The van der Waals surface area contributed by atoms with Crippen LogP contribution in [0.2, 0.25) is 0 Å². The molecule has 0 unspecified atom stereocenters. The van der Waals surface area contributed by atoms with E-state index in [9.17, 15) is 0 Å². The Morgan fingerprint density at radius 1 is 0.531 bits per heavy atom. The number of hydrogen-bond acceptors (Lipinski definition) is 1. The molecule has 0 heterocycles. The molecule has 1 N–H and O–H groups in total. The van der Waals surface area contributed by atoms with E-state index in [-0.39, 0.29) is 5.41 Å². The van der Waals surface area contributed by atoms with E-state index in [2.05, 4.69) is 122 Å². The summed E-state index contributed by atoms with van der Waals surface area (Å²) in [4.78, 5) is 0. The lowest BCUT2D eigenvalue weighted by Gasteiger charge is -2.22. The average molecular weight is 412 g/mol. The van der Waals surface area contributed by atoms with E-state index in [0.29, 0.717) is 0 Å². The van der Waals surface area contributed by atoms with Crippen LogP contribution >= 0.6 is 0 Å². The molecule has 0 aromatic heterocycles. The Kier molecular flexibility index (Phi) is 4.19. The molecule has 154 valence electrons. The van der Waals surface area contributed by atoms with Crippen LogP contribution in [-0.4, -0.2) is 0 Å². The third-order valence-corrected chi connectivity index (χ3v) is 6.87. The highest BCUT2D eigenvalue weighted by atomic mass is 14.9. The molecule has 0 bridgehead atoms. The summed E-state index contributed by atoms with van der Waals surface area (Å²) in [6, 6.07) is 39.3. The zero-order chi connectivity index (χ0) is 21.7. The monoisotopic (exact) mass is 411 g/mol. The second-order valence-corrected chi connectivity index (χ2v) is 9.13. The summed E-state index contributed by atoms with van der Waals surface area (Å²) in [5.41, 5.74) is 10.3. The lowest BCUT2D eigenvalue weighted by molar-refractivity contribution is 0.660. The van der Waals surface area contributed by atoms with E-state index < -0.39 is 0 Å². The van der Waals surface area contributed by atoms with Gasteiger partial charge in [0.1, 0.15) is 0 Å². The molecule has 6 rings (SSSR count). The van der Waals surface area contributed by atoms with Crippen molar-refractivity contribution < 1.29 is 0 Å². The van der Waals surface area contributed by atoms with Gasteiger partial charge in [-0.15, -0.1) is 0 Å². The summed E-state index contributed by atoms with van der Waals surface area (Å²) in [6.07, 6.45) is 0. The highest BCUT2D eigenvalue weighted by molar-refractivity contribution is 6.04. The summed E-state index contributed by atoms with van der Waals surface area (Å²) < 4.78 is 0. The predicted octanol–water partition coefficient (Wildman–Crippen LogP) is 8.56. The summed E-state index contributed by atoms with van der Waals surface area (Å²) in [5, 5.41) is 6.09. The fraction of sp³-hybridized carbons (Fsp3) is 0.0968. The Hall–Kier alpha value is -3.84.